The van der Waals surface area contributed by atoms with Crippen LogP contribution < -0.4 is 5.32 Å². The number of nitrogens with one attached hydrogen (secondary N) is 1. The molecule has 0 aromatic heterocycles. The fourth-order valence-corrected chi connectivity index (χ4v) is 2.84. The molecule has 21 heavy (non-hydrogen) atoms. The van der Waals surface area contributed by atoms with Crippen LogP contribution in [0.25, 0.3) is 0 Å². The van der Waals surface area contributed by atoms with Gasteiger partial charge in [-0.05, 0) is 37.6 Å². The van der Waals surface area contributed by atoms with E-state index in [1.807, 2.05) is 32.0 Å². The highest BCUT2D eigenvalue weighted by atomic mass is 79.9. The Balaban J connectivity index is 2.59. The summed E-state index contributed by atoms with van der Waals surface area (Å²) in [6, 6.07) is 8.76. The van der Waals surface area contributed by atoms with Gasteiger partial charge in [0.25, 0.3) is 0 Å². The average molecular weight is 354 g/mol. The van der Waals surface area contributed by atoms with Crippen molar-refractivity contribution >= 4 is 15.9 Å². The molecule has 0 heterocycles. The average Bonchev–Trinajstić information content (AvgIpc) is 2.46. The minimum absolute atomic E-state index is 0.315. The van der Waals surface area contributed by atoms with Gasteiger partial charge in [-0.15, -0.1) is 0 Å². The van der Waals surface area contributed by atoms with Gasteiger partial charge in [-0.25, -0.2) is 8.78 Å². The Morgan fingerprint density at radius 2 is 1.76 bits per heavy atom. The number of aryl methyl sites for hydroxylation is 2. The number of hydrogen-bond acceptors (Lipinski definition) is 1. The molecule has 2 aromatic rings. The summed E-state index contributed by atoms with van der Waals surface area (Å²) in [5.41, 5.74) is 2.61. The van der Waals surface area contributed by atoms with Crippen LogP contribution >= 0.6 is 15.9 Å². The highest BCUT2D eigenvalue weighted by molar-refractivity contribution is 9.10. The SMILES string of the molecule is CCNC(c1cc(C)ccc1Br)c1ccc(C)c(F)c1F. The number of benzene rings is 2. The molecule has 1 atom stereocenters. The first-order valence-electron chi connectivity index (χ1n) is 6.89. The molecule has 4 heteroatoms. The second-order valence-corrected chi connectivity index (χ2v) is 5.97. The van der Waals surface area contributed by atoms with Crippen LogP contribution in [0.1, 0.15) is 35.2 Å². The van der Waals surface area contributed by atoms with Gasteiger partial charge >= 0.3 is 0 Å². The van der Waals surface area contributed by atoms with Gasteiger partial charge in [0.15, 0.2) is 11.6 Å². The molecule has 0 aliphatic carbocycles. The highest BCUT2D eigenvalue weighted by Crippen LogP contribution is 2.32. The lowest BCUT2D eigenvalue weighted by Crippen LogP contribution is -2.24. The van der Waals surface area contributed by atoms with E-state index in [9.17, 15) is 8.78 Å². The number of hydrogen-bond donors (Lipinski definition) is 1. The maximum absolute atomic E-state index is 14.3. The van der Waals surface area contributed by atoms with Crippen molar-refractivity contribution in [1.29, 1.82) is 0 Å². The van der Waals surface area contributed by atoms with Gasteiger partial charge in [0.1, 0.15) is 0 Å². The second kappa shape index (κ2) is 6.67. The molecule has 0 aliphatic rings. The fraction of sp³-hybridized carbons (Fsp3) is 0.294. The molecule has 1 unspecified atom stereocenters. The van der Waals surface area contributed by atoms with Gasteiger partial charge in [-0.1, -0.05) is 52.7 Å². The number of rotatable bonds is 4. The Morgan fingerprint density at radius 1 is 1.05 bits per heavy atom. The Labute approximate surface area is 132 Å². The first-order valence-corrected chi connectivity index (χ1v) is 7.69. The van der Waals surface area contributed by atoms with Crippen molar-refractivity contribution in [1.82, 2.24) is 5.32 Å². The van der Waals surface area contributed by atoms with E-state index in [4.69, 9.17) is 0 Å². The molecule has 1 nitrogen and oxygen atoms in total. The van der Waals surface area contributed by atoms with Crippen molar-refractivity contribution in [2.45, 2.75) is 26.8 Å². The first-order chi connectivity index (χ1) is 9.95. The third-order valence-corrected chi connectivity index (χ3v) is 4.21. The maximum Gasteiger partial charge on any atom is 0.164 e. The predicted molar refractivity (Wildman–Crippen MR) is 85.5 cm³/mol. The summed E-state index contributed by atoms with van der Waals surface area (Å²) in [4.78, 5) is 0. The molecule has 2 aromatic carbocycles. The molecule has 0 fully saturated rings. The van der Waals surface area contributed by atoms with Gasteiger partial charge in [0.05, 0.1) is 6.04 Å². The largest absolute Gasteiger partial charge is 0.306 e. The van der Waals surface area contributed by atoms with Crippen LogP contribution in [-0.2, 0) is 0 Å². The van der Waals surface area contributed by atoms with Crippen molar-refractivity contribution in [2.24, 2.45) is 0 Å². The zero-order valence-electron chi connectivity index (χ0n) is 12.3. The smallest absolute Gasteiger partial charge is 0.164 e. The summed E-state index contributed by atoms with van der Waals surface area (Å²) in [6.45, 7) is 6.14. The topological polar surface area (TPSA) is 12.0 Å². The molecule has 1 N–H and O–H groups in total. The fourth-order valence-electron chi connectivity index (χ4n) is 2.36. The van der Waals surface area contributed by atoms with E-state index in [0.717, 1.165) is 15.6 Å². The minimum atomic E-state index is -0.783. The van der Waals surface area contributed by atoms with Crippen LogP contribution in [0.3, 0.4) is 0 Å². The van der Waals surface area contributed by atoms with Crippen LogP contribution in [0, 0.1) is 25.5 Å². The van der Waals surface area contributed by atoms with Crippen molar-refractivity contribution in [3.8, 4) is 0 Å². The second-order valence-electron chi connectivity index (χ2n) is 5.12. The molecule has 0 radical (unpaired) electrons. The molecular formula is C17H18BrF2N. The quantitative estimate of drug-likeness (QED) is 0.811. The molecule has 0 aliphatic heterocycles. The van der Waals surface area contributed by atoms with Crippen LogP contribution in [0.5, 0.6) is 0 Å². The summed E-state index contributed by atoms with van der Waals surface area (Å²) < 4.78 is 29.1. The van der Waals surface area contributed by atoms with Crippen molar-refractivity contribution in [3.05, 3.63) is 68.7 Å². The number of halogens is 3. The van der Waals surface area contributed by atoms with Gasteiger partial charge in [0.2, 0.25) is 0 Å². The summed E-state index contributed by atoms with van der Waals surface area (Å²) in [7, 11) is 0. The van der Waals surface area contributed by atoms with E-state index in [1.165, 1.54) is 0 Å². The zero-order valence-corrected chi connectivity index (χ0v) is 13.9. The Morgan fingerprint density at radius 3 is 2.43 bits per heavy atom. The lowest BCUT2D eigenvalue weighted by atomic mass is 9.95. The monoisotopic (exact) mass is 353 g/mol. The molecule has 0 saturated carbocycles. The van der Waals surface area contributed by atoms with E-state index in [-0.39, 0.29) is 6.04 Å². The highest BCUT2D eigenvalue weighted by Gasteiger charge is 2.22. The third kappa shape index (κ3) is 3.33. The minimum Gasteiger partial charge on any atom is -0.306 e. The Kier molecular flexibility index (Phi) is 5.12. The van der Waals surface area contributed by atoms with Crippen molar-refractivity contribution < 1.29 is 8.78 Å². The molecule has 112 valence electrons. The summed E-state index contributed by atoms with van der Waals surface area (Å²) >= 11 is 3.50. The van der Waals surface area contributed by atoms with Crippen LogP contribution in [0.4, 0.5) is 8.78 Å². The van der Waals surface area contributed by atoms with E-state index < -0.39 is 11.6 Å². The van der Waals surface area contributed by atoms with Crippen LogP contribution in [-0.4, -0.2) is 6.54 Å². The van der Waals surface area contributed by atoms with E-state index in [1.54, 1.807) is 19.1 Å². The normalized spacial score (nSPS) is 12.5. The summed E-state index contributed by atoms with van der Waals surface area (Å²) in [5.74, 6) is -1.56. The predicted octanol–water partition coefficient (Wildman–Crippen LogP) is 5.04. The Bertz CT molecular complexity index is 655. The lowest BCUT2D eigenvalue weighted by molar-refractivity contribution is 0.478. The van der Waals surface area contributed by atoms with Gasteiger partial charge in [-0.2, -0.15) is 0 Å². The Hall–Kier alpha value is -1.26. The van der Waals surface area contributed by atoms with Gasteiger partial charge < -0.3 is 5.32 Å². The molecule has 0 spiro atoms. The molecule has 2 rings (SSSR count). The van der Waals surface area contributed by atoms with Crippen molar-refractivity contribution in [2.75, 3.05) is 6.54 Å². The van der Waals surface area contributed by atoms with E-state index in [2.05, 4.69) is 21.2 Å². The summed E-state index contributed by atoms with van der Waals surface area (Å²) in [6.07, 6.45) is 0. The van der Waals surface area contributed by atoms with Gasteiger partial charge in [-0.3, -0.25) is 0 Å². The third-order valence-electron chi connectivity index (χ3n) is 3.49. The maximum atomic E-state index is 14.3. The first kappa shape index (κ1) is 16.1. The lowest BCUT2D eigenvalue weighted by Gasteiger charge is -2.22. The zero-order chi connectivity index (χ0) is 15.6. The molecule has 0 saturated heterocycles. The van der Waals surface area contributed by atoms with E-state index in [0.29, 0.717) is 17.7 Å². The van der Waals surface area contributed by atoms with Crippen molar-refractivity contribution in [3.63, 3.8) is 0 Å². The van der Waals surface area contributed by atoms with Gasteiger partial charge in [0, 0.05) is 10.0 Å². The van der Waals surface area contributed by atoms with Crippen LogP contribution in [0.15, 0.2) is 34.8 Å². The molecular weight excluding hydrogens is 336 g/mol. The standard InChI is InChI=1S/C17H18BrF2N/c1-4-21-17(13-9-10(2)5-8-14(13)18)12-7-6-11(3)15(19)16(12)20/h5-9,17,21H,4H2,1-3H3. The van der Waals surface area contributed by atoms with Crippen LogP contribution in [0.2, 0.25) is 0 Å². The van der Waals surface area contributed by atoms with E-state index >= 15 is 0 Å². The summed E-state index contributed by atoms with van der Waals surface area (Å²) in [5, 5.41) is 3.23. The molecule has 0 bridgehead atoms. The molecule has 0 amide bonds.